The van der Waals surface area contributed by atoms with E-state index in [4.69, 9.17) is 9.47 Å². The highest BCUT2D eigenvalue weighted by molar-refractivity contribution is 8.00. The van der Waals surface area contributed by atoms with Gasteiger partial charge in [-0.25, -0.2) is 0 Å². The lowest BCUT2D eigenvalue weighted by Crippen LogP contribution is -2.47. The summed E-state index contributed by atoms with van der Waals surface area (Å²) >= 11 is 1.50. The van der Waals surface area contributed by atoms with Crippen molar-refractivity contribution in [3.8, 4) is 11.5 Å². The zero-order chi connectivity index (χ0) is 30.3. The average molecular weight is 599 g/mol. The van der Waals surface area contributed by atoms with E-state index >= 15 is 0 Å². The maximum atomic E-state index is 13.1. The first-order valence-corrected chi connectivity index (χ1v) is 15.3. The summed E-state index contributed by atoms with van der Waals surface area (Å²) < 4.78 is 11.1. The van der Waals surface area contributed by atoms with Crippen LogP contribution in [0.3, 0.4) is 0 Å². The smallest absolute Gasteiger partial charge is 0.258 e. The Kier molecular flexibility index (Phi) is 13.5. The molecular formula is C31H42N4O6S. The average Bonchev–Trinajstić information content (AvgIpc) is 3.00. The van der Waals surface area contributed by atoms with Gasteiger partial charge in [0, 0.05) is 44.5 Å². The molecule has 11 heteroatoms. The molecule has 10 nitrogen and oxygen atoms in total. The zero-order valence-corrected chi connectivity index (χ0v) is 25.5. The second-order valence-electron chi connectivity index (χ2n) is 10.2. The van der Waals surface area contributed by atoms with Crippen molar-refractivity contribution in [3.05, 3.63) is 54.1 Å². The number of benzene rings is 2. The van der Waals surface area contributed by atoms with Crippen LogP contribution in [-0.4, -0.2) is 92.2 Å². The van der Waals surface area contributed by atoms with Gasteiger partial charge in [0.15, 0.2) is 18.1 Å². The highest BCUT2D eigenvalue weighted by atomic mass is 32.2. The molecule has 0 saturated heterocycles. The van der Waals surface area contributed by atoms with Gasteiger partial charge in [0.25, 0.3) is 5.91 Å². The van der Waals surface area contributed by atoms with E-state index < -0.39 is 11.9 Å². The number of thioether (sulfide) groups is 1. The first-order chi connectivity index (χ1) is 20.3. The molecule has 1 heterocycles. The Bertz CT molecular complexity index is 1200. The van der Waals surface area contributed by atoms with Gasteiger partial charge in [-0.1, -0.05) is 24.3 Å². The quantitative estimate of drug-likeness (QED) is 0.520. The number of fused-ring (bicyclic) bond motifs is 2. The number of aryl methyl sites for hydroxylation is 1. The van der Waals surface area contributed by atoms with E-state index in [0.717, 1.165) is 16.9 Å². The van der Waals surface area contributed by atoms with Gasteiger partial charge in [-0.05, 0) is 62.4 Å². The highest BCUT2D eigenvalue weighted by Gasteiger charge is 2.21. The Morgan fingerprint density at radius 2 is 1.74 bits per heavy atom. The van der Waals surface area contributed by atoms with Crippen LogP contribution in [0.1, 0.15) is 38.2 Å². The van der Waals surface area contributed by atoms with Gasteiger partial charge >= 0.3 is 0 Å². The lowest BCUT2D eigenvalue weighted by atomic mass is 10.1. The van der Waals surface area contributed by atoms with Crippen LogP contribution in [0, 0.1) is 0 Å². The summed E-state index contributed by atoms with van der Waals surface area (Å²) in [6, 6.07) is 14.4. The second-order valence-corrected chi connectivity index (χ2v) is 11.3. The molecule has 0 unspecified atom stereocenters. The predicted molar refractivity (Wildman–Crippen MR) is 163 cm³/mol. The summed E-state index contributed by atoms with van der Waals surface area (Å²) in [6.07, 6.45) is 2.84. The standard InChI is InChI=1S/C31H42N4O6S/c1-23-31(39)34(2)17-7-8-18-35(30(38)22-42-25-10-5-4-6-11-25)19-9-16-32-28(36)15-13-24-12-14-26(40-3)27(20-24)41-21-29(37)33-23/h4-6,10-12,14,20,23H,7-9,13,15-19,21-22H2,1-3H3,(H,32,36)(H,33,37)/t23-/m0/s1. The number of rotatable bonds is 4. The summed E-state index contributed by atoms with van der Waals surface area (Å²) in [5, 5.41) is 5.65. The van der Waals surface area contributed by atoms with E-state index in [2.05, 4.69) is 10.6 Å². The number of nitrogens with zero attached hydrogens (tertiary/aromatic N) is 2. The van der Waals surface area contributed by atoms with Crippen molar-refractivity contribution in [3.63, 3.8) is 0 Å². The number of ether oxygens (including phenoxy) is 2. The zero-order valence-electron chi connectivity index (χ0n) is 24.7. The normalized spacial score (nSPS) is 18.5. The van der Waals surface area contributed by atoms with Crippen LogP contribution < -0.4 is 20.1 Å². The van der Waals surface area contributed by atoms with Crippen molar-refractivity contribution in [1.29, 1.82) is 0 Å². The van der Waals surface area contributed by atoms with Crippen molar-refractivity contribution in [2.75, 3.05) is 52.7 Å². The van der Waals surface area contributed by atoms with Crippen LogP contribution in [-0.2, 0) is 25.6 Å². The molecule has 2 aromatic rings. The number of carbonyl (C=O) groups excluding carboxylic acids is 4. The Morgan fingerprint density at radius 1 is 1.00 bits per heavy atom. The van der Waals surface area contributed by atoms with E-state index in [-0.39, 0.29) is 30.7 Å². The molecule has 4 amide bonds. The Balaban J connectivity index is 1.66. The van der Waals surface area contributed by atoms with Gasteiger partial charge in [-0.15, -0.1) is 11.8 Å². The molecule has 228 valence electrons. The number of hydrogen-bond acceptors (Lipinski definition) is 7. The monoisotopic (exact) mass is 598 g/mol. The van der Waals surface area contributed by atoms with E-state index in [1.54, 1.807) is 31.0 Å². The first-order valence-electron chi connectivity index (χ1n) is 14.3. The Morgan fingerprint density at radius 3 is 2.50 bits per heavy atom. The SMILES string of the molecule is COc1ccc2cc1OCC(=O)N[C@@H](C)C(=O)N(C)CCCCN(C(=O)CSc1ccccc1)CCCNC(=O)CC2. The van der Waals surface area contributed by atoms with Crippen LogP contribution in [0.4, 0.5) is 0 Å². The molecule has 1 aliphatic heterocycles. The van der Waals surface area contributed by atoms with E-state index in [1.165, 1.54) is 18.9 Å². The molecule has 1 aliphatic rings. The first kappa shape index (κ1) is 32.8. The summed E-state index contributed by atoms with van der Waals surface area (Å²) in [4.78, 5) is 55.5. The molecule has 0 spiro atoms. The lowest BCUT2D eigenvalue weighted by molar-refractivity contribution is -0.135. The number of likely N-dealkylation sites (N-methyl/N-ethyl adjacent to an activating group) is 1. The summed E-state index contributed by atoms with van der Waals surface area (Å²) in [5.41, 5.74) is 0.862. The third kappa shape index (κ3) is 10.9. The molecule has 0 saturated carbocycles. The highest BCUT2D eigenvalue weighted by Crippen LogP contribution is 2.28. The number of nitrogens with one attached hydrogen (secondary N) is 2. The molecule has 2 bridgehead atoms. The van der Waals surface area contributed by atoms with Crippen LogP contribution in [0.5, 0.6) is 11.5 Å². The van der Waals surface area contributed by atoms with E-state index in [0.29, 0.717) is 62.7 Å². The molecule has 3 rings (SSSR count). The van der Waals surface area contributed by atoms with Crippen LogP contribution in [0.25, 0.3) is 0 Å². The molecule has 0 radical (unpaired) electrons. The molecule has 0 aromatic heterocycles. The second kappa shape index (κ2) is 17.3. The van der Waals surface area contributed by atoms with E-state index in [9.17, 15) is 19.2 Å². The van der Waals surface area contributed by atoms with Crippen LogP contribution in [0.15, 0.2) is 53.4 Å². The fourth-order valence-corrected chi connectivity index (χ4v) is 5.35. The fourth-order valence-electron chi connectivity index (χ4n) is 4.53. The van der Waals surface area contributed by atoms with Gasteiger partial charge in [-0.3, -0.25) is 19.2 Å². The van der Waals surface area contributed by atoms with Crippen molar-refractivity contribution >= 4 is 35.4 Å². The number of amides is 4. The minimum atomic E-state index is -0.719. The van der Waals surface area contributed by atoms with Crippen molar-refractivity contribution in [2.24, 2.45) is 0 Å². The maximum Gasteiger partial charge on any atom is 0.258 e. The number of carbonyl (C=O) groups is 4. The molecule has 0 fully saturated rings. The van der Waals surface area contributed by atoms with Gasteiger partial charge < -0.3 is 29.9 Å². The van der Waals surface area contributed by atoms with Gasteiger partial charge in [0.05, 0.1) is 12.9 Å². The Labute approximate surface area is 252 Å². The number of methoxy groups -OCH3 is 1. The fraction of sp³-hybridized carbons (Fsp3) is 0.484. The predicted octanol–water partition coefficient (Wildman–Crippen LogP) is 2.89. The Hall–Kier alpha value is -3.73. The third-order valence-electron chi connectivity index (χ3n) is 6.91. The van der Waals surface area contributed by atoms with Crippen molar-refractivity contribution in [2.45, 2.75) is 50.0 Å². The molecular weight excluding hydrogens is 556 g/mol. The molecule has 2 N–H and O–H groups in total. The summed E-state index contributed by atoms with van der Waals surface area (Å²) in [6.45, 7) is 3.42. The topological polar surface area (TPSA) is 117 Å². The lowest BCUT2D eigenvalue weighted by Gasteiger charge is -2.25. The number of hydrogen-bond donors (Lipinski definition) is 2. The van der Waals surface area contributed by atoms with Crippen molar-refractivity contribution < 1.29 is 28.7 Å². The molecule has 0 aliphatic carbocycles. The molecule has 42 heavy (non-hydrogen) atoms. The van der Waals surface area contributed by atoms with Gasteiger partial charge in [-0.2, -0.15) is 0 Å². The summed E-state index contributed by atoms with van der Waals surface area (Å²) in [5.74, 6) is 0.528. The summed E-state index contributed by atoms with van der Waals surface area (Å²) in [7, 11) is 3.22. The van der Waals surface area contributed by atoms with Crippen molar-refractivity contribution in [1.82, 2.24) is 20.4 Å². The largest absolute Gasteiger partial charge is 0.493 e. The molecule has 1 atom stereocenters. The van der Waals surface area contributed by atoms with Crippen LogP contribution >= 0.6 is 11.8 Å². The van der Waals surface area contributed by atoms with E-state index in [1.807, 2.05) is 41.3 Å². The van der Waals surface area contributed by atoms with Crippen LogP contribution in [0.2, 0.25) is 0 Å². The van der Waals surface area contributed by atoms with Gasteiger partial charge in [0.1, 0.15) is 6.04 Å². The molecule has 2 aromatic carbocycles. The maximum absolute atomic E-state index is 13.1. The minimum absolute atomic E-state index is 0.0444. The van der Waals surface area contributed by atoms with Gasteiger partial charge in [0.2, 0.25) is 17.7 Å². The minimum Gasteiger partial charge on any atom is -0.493 e. The third-order valence-corrected chi connectivity index (χ3v) is 7.91.